The van der Waals surface area contributed by atoms with E-state index >= 15 is 0 Å². The Morgan fingerprint density at radius 3 is 2.80 bits per heavy atom. The molecule has 1 saturated carbocycles. The van der Waals surface area contributed by atoms with Crippen LogP contribution in [-0.4, -0.2) is 16.9 Å². The predicted molar refractivity (Wildman–Crippen MR) is 81.2 cm³/mol. The molecule has 1 amide bonds. The maximum atomic E-state index is 12.6. The number of rotatable bonds is 2. The summed E-state index contributed by atoms with van der Waals surface area (Å²) in [7, 11) is 0. The van der Waals surface area contributed by atoms with Crippen LogP contribution in [-0.2, 0) is 4.79 Å². The number of nitrogens with one attached hydrogen (secondary N) is 1. The van der Waals surface area contributed by atoms with Crippen LogP contribution in [0.4, 0.5) is 5.69 Å². The number of nitrogens with zero attached hydrogens (tertiary/aromatic N) is 1. The summed E-state index contributed by atoms with van der Waals surface area (Å²) in [5.41, 5.74) is 7.71. The van der Waals surface area contributed by atoms with Gasteiger partial charge in [-0.3, -0.25) is 9.78 Å². The van der Waals surface area contributed by atoms with Crippen LogP contribution >= 0.6 is 0 Å². The number of carbonyl (C=O) groups is 1. The van der Waals surface area contributed by atoms with Crippen molar-refractivity contribution in [2.24, 2.45) is 23.0 Å². The van der Waals surface area contributed by atoms with Gasteiger partial charge in [-0.05, 0) is 43.2 Å². The second-order valence-corrected chi connectivity index (χ2v) is 6.53. The van der Waals surface area contributed by atoms with Crippen LogP contribution < -0.4 is 11.1 Å². The van der Waals surface area contributed by atoms with Gasteiger partial charge in [0.15, 0.2) is 0 Å². The van der Waals surface area contributed by atoms with Gasteiger partial charge in [0, 0.05) is 18.2 Å². The Labute approximate surface area is 121 Å². The Hall–Kier alpha value is -1.42. The van der Waals surface area contributed by atoms with Crippen molar-refractivity contribution in [2.75, 3.05) is 5.32 Å². The second kappa shape index (κ2) is 5.52. The number of aryl methyl sites for hydroxylation is 1. The average Bonchev–Trinajstić information content (AvgIpc) is 2.38. The highest BCUT2D eigenvalue weighted by Crippen LogP contribution is 2.44. The molecule has 0 bridgehead atoms. The molecule has 20 heavy (non-hydrogen) atoms. The zero-order valence-corrected chi connectivity index (χ0v) is 12.8. The molecule has 1 aromatic heterocycles. The molecule has 1 aliphatic carbocycles. The second-order valence-electron chi connectivity index (χ2n) is 6.53. The van der Waals surface area contributed by atoms with Crippen LogP contribution in [0.2, 0.25) is 0 Å². The summed E-state index contributed by atoms with van der Waals surface area (Å²) in [4.78, 5) is 16.8. The van der Waals surface area contributed by atoms with E-state index in [0.29, 0.717) is 5.92 Å². The Balaban J connectivity index is 2.15. The van der Waals surface area contributed by atoms with Crippen molar-refractivity contribution < 1.29 is 4.79 Å². The number of hydrogen-bond donors (Lipinski definition) is 2. The van der Waals surface area contributed by atoms with E-state index in [1.54, 1.807) is 6.20 Å². The van der Waals surface area contributed by atoms with Crippen molar-refractivity contribution in [3.63, 3.8) is 0 Å². The standard InChI is InChI=1S/C16H25N3O/c1-10-13(17)8-7-12(16(10,3)4)15(20)19-14-6-5-9-18-11(14)2/h5-6,9-10,12-13H,7-8,17H2,1-4H3,(H,19,20). The Morgan fingerprint density at radius 2 is 2.15 bits per heavy atom. The molecule has 4 heteroatoms. The van der Waals surface area contributed by atoms with Crippen LogP contribution in [0.15, 0.2) is 18.3 Å². The lowest BCUT2D eigenvalue weighted by Crippen LogP contribution is -2.50. The maximum Gasteiger partial charge on any atom is 0.228 e. The van der Waals surface area contributed by atoms with Gasteiger partial charge in [-0.25, -0.2) is 0 Å². The first kappa shape index (κ1) is 15.0. The molecule has 2 rings (SSSR count). The maximum absolute atomic E-state index is 12.6. The summed E-state index contributed by atoms with van der Waals surface area (Å²) >= 11 is 0. The first-order chi connectivity index (χ1) is 9.34. The van der Waals surface area contributed by atoms with E-state index in [1.165, 1.54) is 0 Å². The van der Waals surface area contributed by atoms with Gasteiger partial charge in [0.2, 0.25) is 5.91 Å². The fraction of sp³-hybridized carbons (Fsp3) is 0.625. The molecule has 4 nitrogen and oxygen atoms in total. The lowest BCUT2D eigenvalue weighted by atomic mass is 9.61. The van der Waals surface area contributed by atoms with Crippen molar-refractivity contribution >= 4 is 11.6 Å². The number of carbonyl (C=O) groups excluding carboxylic acids is 1. The largest absolute Gasteiger partial charge is 0.327 e. The van der Waals surface area contributed by atoms with Crippen molar-refractivity contribution in [1.82, 2.24) is 4.98 Å². The zero-order chi connectivity index (χ0) is 14.9. The van der Waals surface area contributed by atoms with E-state index in [9.17, 15) is 4.79 Å². The van der Waals surface area contributed by atoms with Gasteiger partial charge < -0.3 is 11.1 Å². The number of nitrogens with two attached hydrogens (primary N) is 1. The fourth-order valence-corrected chi connectivity index (χ4v) is 3.16. The summed E-state index contributed by atoms with van der Waals surface area (Å²) in [5.74, 6) is 0.420. The highest BCUT2D eigenvalue weighted by Gasteiger charge is 2.45. The lowest BCUT2D eigenvalue weighted by Gasteiger charge is -2.46. The molecule has 1 heterocycles. The highest BCUT2D eigenvalue weighted by molar-refractivity contribution is 5.93. The summed E-state index contributed by atoms with van der Waals surface area (Å²) in [6.45, 7) is 8.35. The normalized spacial score (nSPS) is 28.9. The molecular formula is C16H25N3O. The molecule has 0 aromatic carbocycles. The molecule has 1 aromatic rings. The summed E-state index contributed by atoms with van der Waals surface area (Å²) < 4.78 is 0. The number of hydrogen-bond acceptors (Lipinski definition) is 3. The third-order valence-corrected chi connectivity index (χ3v) is 5.08. The van der Waals surface area contributed by atoms with Gasteiger partial charge in [0.25, 0.3) is 0 Å². The molecule has 0 radical (unpaired) electrons. The summed E-state index contributed by atoms with van der Waals surface area (Å²) in [6, 6.07) is 3.92. The van der Waals surface area contributed by atoms with Crippen molar-refractivity contribution in [2.45, 2.75) is 46.6 Å². The molecule has 3 atom stereocenters. The van der Waals surface area contributed by atoms with Crippen molar-refractivity contribution in [3.8, 4) is 0 Å². The Bertz CT molecular complexity index is 498. The van der Waals surface area contributed by atoms with E-state index in [4.69, 9.17) is 5.73 Å². The first-order valence-corrected chi connectivity index (χ1v) is 7.32. The molecule has 3 N–H and O–H groups in total. The highest BCUT2D eigenvalue weighted by atomic mass is 16.1. The molecular weight excluding hydrogens is 250 g/mol. The van der Waals surface area contributed by atoms with E-state index in [0.717, 1.165) is 24.2 Å². The minimum Gasteiger partial charge on any atom is -0.327 e. The predicted octanol–water partition coefficient (Wildman–Crippen LogP) is 2.73. The Morgan fingerprint density at radius 1 is 1.45 bits per heavy atom. The van der Waals surface area contributed by atoms with Crippen LogP contribution in [0.5, 0.6) is 0 Å². The van der Waals surface area contributed by atoms with Crippen molar-refractivity contribution in [1.29, 1.82) is 0 Å². The topological polar surface area (TPSA) is 68.0 Å². The van der Waals surface area contributed by atoms with Gasteiger partial charge in [0.1, 0.15) is 0 Å². The quantitative estimate of drug-likeness (QED) is 0.872. The summed E-state index contributed by atoms with van der Waals surface area (Å²) in [6.07, 6.45) is 3.50. The van der Waals surface area contributed by atoms with Crippen molar-refractivity contribution in [3.05, 3.63) is 24.0 Å². The van der Waals surface area contributed by atoms with Gasteiger partial charge in [-0.15, -0.1) is 0 Å². The number of amides is 1. The smallest absolute Gasteiger partial charge is 0.228 e. The minimum atomic E-state index is -0.0855. The van der Waals surface area contributed by atoms with E-state index < -0.39 is 0 Å². The minimum absolute atomic E-state index is 0.00286. The third-order valence-electron chi connectivity index (χ3n) is 5.08. The van der Waals surface area contributed by atoms with Gasteiger partial charge in [-0.2, -0.15) is 0 Å². The molecule has 0 spiro atoms. The Kier molecular flexibility index (Phi) is 4.14. The summed E-state index contributed by atoms with van der Waals surface area (Å²) in [5, 5.41) is 3.03. The number of aromatic nitrogens is 1. The lowest BCUT2D eigenvalue weighted by molar-refractivity contribution is -0.127. The van der Waals surface area contributed by atoms with E-state index in [1.807, 2.05) is 19.1 Å². The van der Waals surface area contributed by atoms with Gasteiger partial charge in [0.05, 0.1) is 11.4 Å². The number of pyridine rings is 1. The first-order valence-electron chi connectivity index (χ1n) is 7.32. The van der Waals surface area contributed by atoms with Crippen LogP contribution in [0.3, 0.4) is 0 Å². The molecule has 110 valence electrons. The van der Waals surface area contributed by atoms with Gasteiger partial charge in [-0.1, -0.05) is 20.8 Å². The molecule has 1 aliphatic rings. The third kappa shape index (κ3) is 2.70. The molecule has 0 aliphatic heterocycles. The molecule has 0 saturated heterocycles. The van der Waals surface area contributed by atoms with Crippen LogP contribution in [0, 0.1) is 24.2 Å². The van der Waals surface area contributed by atoms with Crippen LogP contribution in [0.25, 0.3) is 0 Å². The van der Waals surface area contributed by atoms with Gasteiger partial charge >= 0.3 is 0 Å². The van der Waals surface area contributed by atoms with E-state index in [-0.39, 0.29) is 23.3 Å². The average molecular weight is 275 g/mol. The number of anilines is 1. The SMILES string of the molecule is Cc1ncccc1NC(=O)C1CCC(N)C(C)C1(C)C. The van der Waals surface area contributed by atoms with Crippen LogP contribution in [0.1, 0.15) is 39.3 Å². The fourth-order valence-electron chi connectivity index (χ4n) is 3.16. The molecule has 1 fully saturated rings. The monoisotopic (exact) mass is 275 g/mol. The molecule has 3 unspecified atom stereocenters. The van der Waals surface area contributed by atoms with E-state index in [2.05, 4.69) is 31.1 Å². The zero-order valence-electron chi connectivity index (χ0n) is 12.8.